The van der Waals surface area contributed by atoms with Gasteiger partial charge in [0.15, 0.2) is 5.78 Å². The summed E-state index contributed by atoms with van der Waals surface area (Å²) >= 11 is 0. The number of ketones is 1. The molecule has 3 heteroatoms. The Morgan fingerprint density at radius 3 is 2.61 bits per heavy atom. The maximum atomic E-state index is 13.0. The molecule has 0 aromatic heterocycles. The average molecular weight is 371 g/mol. The largest absolute Gasteiger partial charge is 0.497 e. The van der Waals surface area contributed by atoms with Gasteiger partial charge in [-0.1, -0.05) is 60.7 Å². The van der Waals surface area contributed by atoms with E-state index in [1.807, 2.05) is 42.5 Å². The van der Waals surface area contributed by atoms with Gasteiger partial charge in [-0.05, 0) is 48.6 Å². The average Bonchev–Trinajstić information content (AvgIpc) is 2.76. The van der Waals surface area contributed by atoms with Crippen molar-refractivity contribution in [3.05, 3.63) is 95.6 Å². The summed E-state index contributed by atoms with van der Waals surface area (Å²) in [5, 5.41) is 0. The minimum absolute atomic E-state index is 0.160. The number of Topliss-reactive ketones (excluding diaryl/α,β-unsaturated/α-hetero) is 1. The van der Waals surface area contributed by atoms with Gasteiger partial charge in [-0.15, -0.1) is 0 Å². The fraction of sp³-hybridized carbons (Fsp3) is 0.240. The van der Waals surface area contributed by atoms with Crippen molar-refractivity contribution in [1.29, 1.82) is 0 Å². The van der Waals surface area contributed by atoms with E-state index in [0.29, 0.717) is 6.54 Å². The highest BCUT2D eigenvalue weighted by Crippen LogP contribution is 2.32. The van der Waals surface area contributed by atoms with Gasteiger partial charge in [0.1, 0.15) is 5.75 Å². The van der Waals surface area contributed by atoms with Crippen molar-refractivity contribution in [2.24, 2.45) is 0 Å². The minimum Gasteiger partial charge on any atom is -0.497 e. The zero-order valence-corrected chi connectivity index (χ0v) is 16.2. The zero-order valence-electron chi connectivity index (χ0n) is 16.2. The Balaban J connectivity index is 1.62. The van der Waals surface area contributed by atoms with Gasteiger partial charge in [-0.25, -0.2) is 0 Å². The molecule has 142 valence electrons. The van der Waals surface area contributed by atoms with E-state index in [4.69, 9.17) is 4.74 Å². The van der Waals surface area contributed by atoms with E-state index in [2.05, 4.69) is 41.3 Å². The van der Waals surface area contributed by atoms with Crippen LogP contribution in [0.25, 0.3) is 0 Å². The van der Waals surface area contributed by atoms with Crippen molar-refractivity contribution in [2.45, 2.75) is 25.3 Å². The number of ether oxygens (including phenoxy) is 1. The van der Waals surface area contributed by atoms with Crippen LogP contribution in [0.3, 0.4) is 0 Å². The van der Waals surface area contributed by atoms with E-state index in [1.54, 1.807) is 7.11 Å². The number of methoxy groups -OCH3 is 1. The van der Waals surface area contributed by atoms with Crippen LogP contribution < -0.4 is 9.64 Å². The normalized spacial score (nSPS) is 15.8. The van der Waals surface area contributed by atoms with Crippen LogP contribution in [0.4, 0.5) is 5.69 Å². The molecule has 0 N–H and O–H groups in total. The van der Waals surface area contributed by atoms with Crippen molar-refractivity contribution in [3.8, 4) is 5.75 Å². The van der Waals surface area contributed by atoms with Crippen LogP contribution >= 0.6 is 0 Å². The lowest BCUT2D eigenvalue weighted by atomic mass is 9.91. The van der Waals surface area contributed by atoms with Gasteiger partial charge >= 0.3 is 0 Å². The Kier molecular flexibility index (Phi) is 5.43. The van der Waals surface area contributed by atoms with Gasteiger partial charge in [0.05, 0.1) is 13.7 Å². The topological polar surface area (TPSA) is 29.5 Å². The van der Waals surface area contributed by atoms with Crippen LogP contribution in [-0.2, 0) is 12.8 Å². The number of aryl methyl sites for hydroxylation is 1. The number of rotatable bonds is 6. The number of fused-ring (bicyclic) bond motifs is 1. The molecule has 4 rings (SSSR count). The van der Waals surface area contributed by atoms with Gasteiger partial charge in [0.2, 0.25) is 0 Å². The standard InChI is InChI=1S/C25H25NO2/c1-28-23-12-7-8-19(17-23)16-22-15-14-20-9-5-6-13-24(20)26(22)18-25(27)21-10-3-2-4-11-21/h2-13,17,22H,14-16,18H2,1H3. The first kappa shape index (κ1) is 18.3. The number of carbonyl (C=O) groups is 1. The summed E-state index contributed by atoms with van der Waals surface area (Å²) in [7, 11) is 1.70. The predicted molar refractivity (Wildman–Crippen MR) is 113 cm³/mol. The Morgan fingerprint density at radius 2 is 1.79 bits per heavy atom. The lowest BCUT2D eigenvalue weighted by molar-refractivity contribution is 0.0995. The minimum atomic E-state index is 0.160. The third-order valence-electron chi connectivity index (χ3n) is 5.50. The lowest BCUT2D eigenvalue weighted by Crippen LogP contribution is -2.43. The molecule has 0 aliphatic carbocycles. The van der Waals surface area contributed by atoms with Gasteiger partial charge in [0, 0.05) is 17.3 Å². The van der Waals surface area contributed by atoms with E-state index in [9.17, 15) is 4.79 Å². The van der Waals surface area contributed by atoms with E-state index in [-0.39, 0.29) is 11.8 Å². The quantitative estimate of drug-likeness (QED) is 0.575. The highest BCUT2D eigenvalue weighted by Gasteiger charge is 2.28. The molecule has 0 radical (unpaired) electrons. The molecule has 3 aromatic carbocycles. The Morgan fingerprint density at radius 1 is 1.00 bits per heavy atom. The first-order valence-electron chi connectivity index (χ1n) is 9.80. The molecule has 0 fully saturated rings. The number of carbonyl (C=O) groups excluding carboxylic acids is 1. The molecule has 0 saturated carbocycles. The van der Waals surface area contributed by atoms with Crippen molar-refractivity contribution in [1.82, 2.24) is 0 Å². The number of hydrogen-bond acceptors (Lipinski definition) is 3. The molecule has 1 unspecified atom stereocenters. The summed E-state index contributed by atoms with van der Waals surface area (Å²) in [4.78, 5) is 15.3. The molecule has 0 bridgehead atoms. The molecule has 1 atom stereocenters. The molecule has 1 aliphatic rings. The van der Waals surface area contributed by atoms with Crippen LogP contribution in [-0.4, -0.2) is 25.5 Å². The van der Waals surface area contributed by atoms with E-state index in [1.165, 1.54) is 16.8 Å². The van der Waals surface area contributed by atoms with Crippen molar-refractivity contribution >= 4 is 11.5 Å². The van der Waals surface area contributed by atoms with Crippen LogP contribution in [0.1, 0.15) is 27.9 Å². The van der Waals surface area contributed by atoms with Crippen molar-refractivity contribution < 1.29 is 9.53 Å². The second-order valence-electron chi connectivity index (χ2n) is 7.29. The number of benzene rings is 3. The number of nitrogens with zero attached hydrogens (tertiary/aromatic N) is 1. The van der Waals surface area contributed by atoms with Gasteiger partial charge < -0.3 is 9.64 Å². The van der Waals surface area contributed by atoms with Crippen molar-refractivity contribution in [2.75, 3.05) is 18.6 Å². The maximum absolute atomic E-state index is 13.0. The molecule has 1 heterocycles. The molecular formula is C25H25NO2. The van der Waals surface area contributed by atoms with Gasteiger partial charge in [-0.3, -0.25) is 4.79 Å². The number of hydrogen-bond donors (Lipinski definition) is 0. The molecular weight excluding hydrogens is 346 g/mol. The summed E-state index contributed by atoms with van der Waals surface area (Å²) in [5.41, 5.74) is 4.52. The molecule has 28 heavy (non-hydrogen) atoms. The highest BCUT2D eigenvalue weighted by molar-refractivity contribution is 5.99. The summed E-state index contributed by atoms with van der Waals surface area (Å²) in [6.07, 6.45) is 2.98. The van der Waals surface area contributed by atoms with Crippen LogP contribution in [0.5, 0.6) is 5.75 Å². The Hall–Kier alpha value is -3.07. The van der Waals surface area contributed by atoms with E-state index < -0.39 is 0 Å². The summed E-state index contributed by atoms with van der Waals surface area (Å²) in [6.45, 7) is 0.398. The predicted octanol–water partition coefficient (Wildman–Crippen LogP) is 4.94. The molecule has 3 aromatic rings. The highest BCUT2D eigenvalue weighted by atomic mass is 16.5. The SMILES string of the molecule is COc1cccc(CC2CCc3ccccc3N2CC(=O)c2ccccc2)c1. The lowest BCUT2D eigenvalue weighted by Gasteiger charge is -2.39. The summed E-state index contributed by atoms with van der Waals surface area (Å²) in [6, 6.07) is 26.6. The van der Waals surface area contributed by atoms with Crippen LogP contribution in [0.15, 0.2) is 78.9 Å². The van der Waals surface area contributed by atoms with Crippen LogP contribution in [0.2, 0.25) is 0 Å². The number of para-hydroxylation sites is 1. The summed E-state index contributed by atoms with van der Waals surface area (Å²) < 4.78 is 5.38. The Labute approximate surface area is 166 Å². The fourth-order valence-corrected chi connectivity index (χ4v) is 4.05. The van der Waals surface area contributed by atoms with Gasteiger partial charge in [0.25, 0.3) is 0 Å². The van der Waals surface area contributed by atoms with E-state index >= 15 is 0 Å². The second-order valence-corrected chi connectivity index (χ2v) is 7.29. The molecule has 0 spiro atoms. The molecule has 0 amide bonds. The maximum Gasteiger partial charge on any atom is 0.182 e. The number of anilines is 1. The third kappa shape index (κ3) is 3.94. The molecule has 0 saturated heterocycles. The second kappa shape index (κ2) is 8.30. The smallest absolute Gasteiger partial charge is 0.182 e. The first-order valence-corrected chi connectivity index (χ1v) is 9.80. The Bertz CT molecular complexity index is 952. The fourth-order valence-electron chi connectivity index (χ4n) is 4.05. The van der Waals surface area contributed by atoms with Crippen LogP contribution in [0, 0.1) is 0 Å². The van der Waals surface area contributed by atoms with E-state index in [0.717, 1.165) is 30.6 Å². The van der Waals surface area contributed by atoms with Gasteiger partial charge in [-0.2, -0.15) is 0 Å². The summed E-state index contributed by atoms with van der Waals surface area (Å²) in [5.74, 6) is 1.04. The van der Waals surface area contributed by atoms with Crippen molar-refractivity contribution in [3.63, 3.8) is 0 Å². The zero-order chi connectivity index (χ0) is 19.3. The molecule has 1 aliphatic heterocycles. The third-order valence-corrected chi connectivity index (χ3v) is 5.50. The first-order chi connectivity index (χ1) is 13.7. The monoisotopic (exact) mass is 371 g/mol. The molecule has 3 nitrogen and oxygen atoms in total.